The number of rotatable bonds is 3. The van der Waals surface area contributed by atoms with Crippen molar-refractivity contribution in [2.45, 2.75) is 31.7 Å². The number of ether oxygens (including phenoxy) is 1. The number of carbonyl (C=O) groups is 1. The van der Waals surface area contributed by atoms with Crippen LogP contribution in [0.5, 0.6) is 5.75 Å². The van der Waals surface area contributed by atoms with Crippen molar-refractivity contribution >= 4 is 17.3 Å². The van der Waals surface area contributed by atoms with Crippen molar-refractivity contribution in [3.05, 3.63) is 18.2 Å². The van der Waals surface area contributed by atoms with E-state index in [1.165, 1.54) is 0 Å². The van der Waals surface area contributed by atoms with Crippen LogP contribution in [0.2, 0.25) is 0 Å². The van der Waals surface area contributed by atoms with Gasteiger partial charge < -0.3 is 15.4 Å². The number of anilines is 2. The highest BCUT2D eigenvalue weighted by atomic mass is 16.5. The van der Waals surface area contributed by atoms with E-state index in [0.29, 0.717) is 6.61 Å². The van der Waals surface area contributed by atoms with Gasteiger partial charge in [-0.2, -0.15) is 0 Å². The lowest BCUT2D eigenvalue weighted by molar-refractivity contribution is -0.117. The molecule has 1 aromatic rings. The van der Waals surface area contributed by atoms with Gasteiger partial charge in [0.1, 0.15) is 17.0 Å². The molecule has 17 heavy (non-hydrogen) atoms. The van der Waals surface area contributed by atoms with Crippen molar-refractivity contribution in [2.75, 3.05) is 17.2 Å². The fraction of sp³-hybridized carbons (Fsp3) is 0.462. The minimum absolute atomic E-state index is 0.0672. The number of nitrogens with one attached hydrogen (secondary N) is 2. The van der Waals surface area contributed by atoms with Crippen molar-refractivity contribution in [3.8, 4) is 5.75 Å². The maximum atomic E-state index is 11.9. The lowest BCUT2D eigenvalue weighted by atomic mass is 10.1. The largest absolute Gasteiger partial charge is 0.491 e. The van der Waals surface area contributed by atoms with Crippen LogP contribution in [0.1, 0.15) is 26.2 Å². The summed E-state index contributed by atoms with van der Waals surface area (Å²) in [6.07, 6.45) is 2.78. The average Bonchev–Trinajstić information content (AvgIpc) is 3.09. The second kappa shape index (κ2) is 3.65. The molecule has 0 unspecified atom stereocenters. The summed E-state index contributed by atoms with van der Waals surface area (Å²) in [5.74, 6) is 0.818. The number of benzene rings is 1. The third kappa shape index (κ3) is 1.64. The summed E-state index contributed by atoms with van der Waals surface area (Å²) >= 11 is 0. The fourth-order valence-electron chi connectivity index (χ4n) is 2.12. The van der Waals surface area contributed by atoms with E-state index in [0.717, 1.165) is 36.4 Å². The maximum absolute atomic E-state index is 11.9. The van der Waals surface area contributed by atoms with Crippen LogP contribution >= 0.6 is 0 Å². The number of para-hydroxylation sites is 1. The number of hydrogen-bond donors (Lipinski definition) is 2. The molecule has 3 rings (SSSR count). The molecule has 90 valence electrons. The molecule has 1 amide bonds. The van der Waals surface area contributed by atoms with Gasteiger partial charge in [0, 0.05) is 0 Å². The van der Waals surface area contributed by atoms with E-state index >= 15 is 0 Å². The number of carbonyl (C=O) groups excluding carboxylic acids is 1. The maximum Gasteiger partial charge on any atom is 0.250 e. The SMILES string of the molecule is CCCOc1cccc2c1NC(=O)C1(CC1)N2. The topological polar surface area (TPSA) is 50.4 Å². The summed E-state index contributed by atoms with van der Waals surface area (Å²) in [5.41, 5.74) is 1.41. The molecule has 4 heteroatoms. The molecule has 1 fully saturated rings. The molecule has 1 aliphatic carbocycles. The van der Waals surface area contributed by atoms with Crippen molar-refractivity contribution in [1.29, 1.82) is 0 Å². The molecule has 2 aliphatic rings. The highest BCUT2D eigenvalue weighted by Crippen LogP contribution is 2.47. The van der Waals surface area contributed by atoms with E-state index in [2.05, 4.69) is 17.6 Å². The van der Waals surface area contributed by atoms with Gasteiger partial charge in [-0.15, -0.1) is 0 Å². The van der Waals surface area contributed by atoms with Gasteiger partial charge in [0.25, 0.3) is 0 Å². The van der Waals surface area contributed by atoms with E-state index in [4.69, 9.17) is 4.74 Å². The molecule has 1 heterocycles. The third-order valence-electron chi connectivity index (χ3n) is 3.29. The monoisotopic (exact) mass is 232 g/mol. The standard InChI is InChI=1S/C13H16N2O2/c1-2-8-17-10-5-3-4-9-11(10)14-12(16)13(15-9)6-7-13/h3-5,15H,2,6-8H2,1H3,(H,14,16). The molecule has 0 atom stereocenters. The van der Waals surface area contributed by atoms with Crippen LogP contribution in [-0.4, -0.2) is 18.1 Å². The molecule has 0 bridgehead atoms. The first-order valence-electron chi connectivity index (χ1n) is 6.11. The second-order valence-corrected chi connectivity index (χ2v) is 4.69. The molecular weight excluding hydrogens is 216 g/mol. The van der Waals surface area contributed by atoms with Gasteiger partial charge in [-0.05, 0) is 31.4 Å². The molecule has 1 spiro atoms. The van der Waals surface area contributed by atoms with Crippen molar-refractivity contribution < 1.29 is 9.53 Å². The minimum atomic E-state index is -0.337. The highest BCUT2D eigenvalue weighted by molar-refractivity contribution is 6.09. The van der Waals surface area contributed by atoms with E-state index in [1.807, 2.05) is 18.2 Å². The molecule has 1 aromatic carbocycles. The Balaban J connectivity index is 1.92. The fourth-order valence-corrected chi connectivity index (χ4v) is 2.12. The summed E-state index contributed by atoms with van der Waals surface area (Å²) < 4.78 is 5.64. The average molecular weight is 232 g/mol. The van der Waals surface area contributed by atoms with Crippen LogP contribution in [-0.2, 0) is 4.79 Å². The van der Waals surface area contributed by atoms with Crippen molar-refractivity contribution in [3.63, 3.8) is 0 Å². The predicted molar refractivity (Wildman–Crippen MR) is 66.4 cm³/mol. The zero-order valence-electron chi connectivity index (χ0n) is 9.88. The lowest BCUT2D eigenvalue weighted by Crippen LogP contribution is -2.41. The summed E-state index contributed by atoms with van der Waals surface area (Å²) in [6.45, 7) is 2.73. The van der Waals surface area contributed by atoms with Gasteiger partial charge in [-0.25, -0.2) is 0 Å². The van der Waals surface area contributed by atoms with Gasteiger partial charge in [0.15, 0.2) is 0 Å². The molecule has 1 aliphatic heterocycles. The first-order chi connectivity index (χ1) is 8.25. The quantitative estimate of drug-likeness (QED) is 0.841. The van der Waals surface area contributed by atoms with Gasteiger partial charge in [0.05, 0.1) is 12.3 Å². The molecule has 0 saturated heterocycles. The van der Waals surface area contributed by atoms with E-state index in [1.54, 1.807) is 0 Å². The Kier molecular flexibility index (Phi) is 2.24. The smallest absolute Gasteiger partial charge is 0.250 e. The first-order valence-corrected chi connectivity index (χ1v) is 6.11. The van der Waals surface area contributed by atoms with Crippen LogP contribution in [0.4, 0.5) is 11.4 Å². The van der Waals surface area contributed by atoms with Gasteiger partial charge in [-0.3, -0.25) is 4.79 Å². The number of amides is 1. The van der Waals surface area contributed by atoms with Crippen LogP contribution < -0.4 is 15.4 Å². The molecule has 1 saturated carbocycles. The van der Waals surface area contributed by atoms with Crippen LogP contribution in [0, 0.1) is 0 Å². The number of hydrogen-bond acceptors (Lipinski definition) is 3. The van der Waals surface area contributed by atoms with Gasteiger partial charge >= 0.3 is 0 Å². The van der Waals surface area contributed by atoms with Gasteiger partial charge in [0.2, 0.25) is 5.91 Å². The van der Waals surface area contributed by atoms with E-state index in [-0.39, 0.29) is 11.4 Å². The van der Waals surface area contributed by atoms with E-state index < -0.39 is 0 Å². The Labute approximate surface area is 100 Å². The third-order valence-corrected chi connectivity index (χ3v) is 3.29. The molecule has 2 N–H and O–H groups in total. The Morgan fingerprint density at radius 1 is 1.41 bits per heavy atom. The van der Waals surface area contributed by atoms with Crippen molar-refractivity contribution in [1.82, 2.24) is 0 Å². The van der Waals surface area contributed by atoms with Gasteiger partial charge in [-0.1, -0.05) is 13.0 Å². The van der Waals surface area contributed by atoms with Crippen LogP contribution in [0.3, 0.4) is 0 Å². The molecular formula is C13H16N2O2. The Morgan fingerprint density at radius 2 is 2.24 bits per heavy atom. The summed E-state index contributed by atoms with van der Waals surface area (Å²) in [6, 6.07) is 5.82. The minimum Gasteiger partial charge on any atom is -0.491 e. The normalized spacial score (nSPS) is 19.2. The highest BCUT2D eigenvalue weighted by Gasteiger charge is 2.52. The van der Waals surface area contributed by atoms with Crippen molar-refractivity contribution in [2.24, 2.45) is 0 Å². The Hall–Kier alpha value is -1.71. The zero-order chi connectivity index (χ0) is 11.9. The first kappa shape index (κ1) is 10.4. The second-order valence-electron chi connectivity index (χ2n) is 4.69. The lowest BCUT2D eigenvalue weighted by Gasteiger charge is -2.28. The summed E-state index contributed by atoms with van der Waals surface area (Å²) in [5, 5.41) is 6.29. The molecule has 0 radical (unpaired) electrons. The summed E-state index contributed by atoms with van der Waals surface area (Å²) in [7, 11) is 0. The van der Waals surface area contributed by atoms with E-state index in [9.17, 15) is 4.79 Å². The molecule has 4 nitrogen and oxygen atoms in total. The zero-order valence-corrected chi connectivity index (χ0v) is 9.88. The Bertz CT molecular complexity index is 466. The molecule has 0 aromatic heterocycles. The Morgan fingerprint density at radius 3 is 2.94 bits per heavy atom. The summed E-state index contributed by atoms with van der Waals surface area (Å²) in [4.78, 5) is 11.9. The van der Waals surface area contributed by atoms with Crippen LogP contribution in [0.25, 0.3) is 0 Å². The number of fused-ring (bicyclic) bond motifs is 1. The van der Waals surface area contributed by atoms with Crippen LogP contribution in [0.15, 0.2) is 18.2 Å². The predicted octanol–water partition coefficient (Wildman–Crippen LogP) is 2.37.